The number of nitrogens with zero attached hydrogens (tertiary/aromatic N) is 6. The maximum absolute atomic E-state index is 10.7. The molecule has 0 aromatic heterocycles. The Hall–Kier alpha value is -2.18. The van der Waals surface area contributed by atoms with E-state index < -0.39 is 6.75 Å². The average Bonchev–Trinajstić information content (AvgIpc) is 2.71. The molecule has 0 aromatic rings. The van der Waals surface area contributed by atoms with Crippen LogP contribution in [-0.4, -0.2) is 41.0 Å². The van der Waals surface area contributed by atoms with Crippen LogP contribution in [0.2, 0.25) is 6.32 Å². The standard InChI is InChI=1S/C16H30BN6O6.ClH.Tc/c1-10(2)9-17(27-21-14(6)11(3)18-24,28-22-15(7)12(4)19-25)29-23-16(8)13(5)20-26;;/h10,24-26H,9H2,1-8H3;1H;/q-1;;+5/p-4/b18-11+,19-12+,20-13+,21-14-,22-15-,23-16-;;/i;;1+1. The molecular weight excluding hydrogens is 517 g/mol. The monoisotopic (exact) mass is 544 g/mol. The zero-order valence-electron chi connectivity index (χ0n) is 18.8. The van der Waals surface area contributed by atoms with E-state index in [4.69, 9.17) is 14.3 Å². The number of oxime groups is 3. The van der Waals surface area contributed by atoms with Gasteiger partial charge in [-0.25, -0.2) is 0 Å². The van der Waals surface area contributed by atoms with E-state index in [1.54, 1.807) is 0 Å². The smallest absolute Gasteiger partial charge is 1.00 e. The molecule has 0 heterocycles. The third kappa shape index (κ3) is 12.3. The minimum absolute atomic E-state index is 0. The predicted molar refractivity (Wildman–Crippen MR) is 117 cm³/mol. The molecule has 0 spiro atoms. The van der Waals surface area contributed by atoms with Crippen LogP contribution in [0, 0.1) is 21.5 Å². The molecule has 0 bridgehead atoms. The Morgan fingerprint density at radius 2 is 0.903 bits per heavy atom. The number of hydrogen-bond acceptors (Lipinski definition) is 12. The molecule has 0 fully saturated rings. The van der Waals surface area contributed by atoms with E-state index in [-0.39, 0.29) is 79.0 Å². The molecule has 0 aliphatic heterocycles. The number of halogens is 1. The van der Waals surface area contributed by atoms with Crippen LogP contribution in [0.15, 0.2) is 30.9 Å². The Labute approximate surface area is 201 Å². The topological polar surface area (TPSA) is 171 Å². The maximum Gasteiger partial charge on any atom is 5.00 e. The van der Waals surface area contributed by atoms with Crippen LogP contribution >= 0.6 is 0 Å². The molecule has 15 heteroatoms. The van der Waals surface area contributed by atoms with Crippen molar-refractivity contribution in [1.82, 2.24) is 0 Å². The van der Waals surface area contributed by atoms with Crippen LogP contribution in [0.1, 0.15) is 55.4 Å². The van der Waals surface area contributed by atoms with Crippen LogP contribution in [0.3, 0.4) is 0 Å². The molecule has 0 rings (SSSR count). The van der Waals surface area contributed by atoms with Crippen molar-refractivity contribution in [1.29, 1.82) is 0 Å². The number of hydrogen-bond donors (Lipinski definition) is 0. The third-order valence-electron chi connectivity index (χ3n) is 3.79. The molecule has 0 atom stereocenters. The molecular formula is C16H27BClN6O6Tc. The van der Waals surface area contributed by atoms with E-state index in [1.807, 2.05) is 13.8 Å². The zero-order valence-corrected chi connectivity index (χ0v) is 21.4. The van der Waals surface area contributed by atoms with Crippen LogP contribution < -0.4 is 12.4 Å². The van der Waals surface area contributed by atoms with E-state index in [1.165, 1.54) is 41.5 Å². The van der Waals surface area contributed by atoms with Crippen molar-refractivity contribution in [2.24, 2.45) is 36.9 Å². The molecule has 174 valence electrons. The Morgan fingerprint density at radius 1 is 0.645 bits per heavy atom. The van der Waals surface area contributed by atoms with Gasteiger partial charge in [0.25, 0.3) is 0 Å². The van der Waals surface area contributed by atoms with Gasteiger partial charge in [0, 0.05) is 0 Å². The molecule has 0 amide bonds. The van der Waals surface area contributed by atoms with Gasteiger partial charge in [-0.15, -0.1) is 15.5 Å². The molecule has 0 aliphatic carbocycles. The van der Waals surface area contributed by atoms with Gasteiger partial charge in [-0.3, -0.25) is 0 Å². The van der Waals surface area contributed by atoms with Crippen LogP contribution in [0.5, 0.6) is 0 Å². The fraction of sp³-hybridized carbons (Fsp3) is 0.625. The summed E-state index contributed by atoms with van der Waals surface area (Å²) in [5.41, 5.74) is 0.876. The summed E-state index contributed by atoms with van der Waals surface area (Å²) in [6, 6.07) is 0. The summed E-state index contributed by atoms with van der Waals surface area (Å²) >= 11 is 0. The molecule has 0 N–H and O–H groups in total. The molecule has 0 saturated carbocycles. The summed E-state index contributed by atoms with van der Waals surface area (Å²) < 4.78 is 16.5. The van der Waals surface area contributed by atoms with Crippen molar-refractivity contribution in [3.63, 3.8) is 0 Å². The Morgan fingerprint density at radius 3 is 1.10 bits per heavy atom. The van der Waals surface area contributed by atoms with E-state index in [0.717, 1.165) is 0 Å². The first-order valence-corrected chi connectivity index (χ1v) is 8.87. The molecule has 0 radical (unpaired) electrons. The first kappa shape index (κ1) is 33.5. The van der Waals surface area contributed by atoms with Gasteiger partial charge in [0.1, 0.15) is 0 Å². The largest absolute Gasteiger partial charge is 5.00 e. The minimum Gasteiger partial charge on any atom is -1.00 e. The molecule has 12 nitrogen and oxygen atoms in total. The number of rotatable bonds is 11. The van der Waals surface area contributed by atoms with Gasteiger partial charge >= 0.3 is 26.9 Å². The van der Waals surface area contributed by atoms with E-state index in [2.05, 4.69) is 30.9 Å². The predicted octanol–water partition coefficient (Wildman–Crippen LogP) is 0.636. The summed E-state index contributed by atoms with van der Waals surface area (Å²) in [6.07, 6.45) is 0.152. The van der Waals surface area contributed by atoms with Crippen LogP contribution in [-0.2, 0) is 34.4 Å². The Bertz CT molecular complexity index is 654. The van der Waals surface area contributed by atoms with Gasteiger partial charge in [0.2, 0.25) is 0 Å². The van der Waals surface area contributed by atoms with Crippen LogP contribution in [0.25, 0.3) is 0 Å². The van der Waals surface area contributed by atoms with Gasteiger partial charge in [-0.05, 0) is 47.9 Å². The average molecular weight is 545 g/mol. The van der Waals surface area contributed by atoms with Gasteiger partial charge in [0.15, 0.2) is 0 Å². The maximum atomic E-state index is 10.7. The quantitative estimate of drug-likeness (QED) is 0.210. The summed E-state index contributed by atoms with van der Waals surface area (Å²) in [5.74, 6) is -0.0191. The first-order valence-electron chi connectivity index (χ1n) is 8.87. The second kappa shape index (κ2) is 16.5. The van der Waals surface area contributed by atoms with E-state index in [0.29, 0.717) is 0 Å². The molecule has 0 aliphatic rings. The molecule has 0 saturated heterocycles. The third-order valence-corrected chi connectivity index (χ3v) is 3.79. The SMILES string of the molecule is CC(=N/O[B-](CC(C)C)(O/N=C(C)\C(C)=N\[O-])O/N=C(C)\C(C)=N\[O-])/C(C)=N/[O-].[99Tc+5].[Cl-]. The normalized spacial score (nSPS) is 14.6. The van der Waals surface area contributed by atoms with Crippen LogP contribution in [0.4, 0.5) is 0 Å². The van der Waals surface area contributed by atoms with Crippen molar-refractivity contribution in [2.75, 3.05) is 0 Å². The second-order valence-corrected chi connectivity index (χ2v) is 6.79. The van der Waals surface area contributed by atoms with Crippen molar-refractivity contribution in [2.45, 2.75) is 61.7 Å². The Kier molecular flexibility index (Phi) is 17.8. The summed E-state index contributed by atoms with van der Waals surface area (Å²) in [6.45, 7) is 9.88. The first-order chi connectivity index (χ1) is 13.5. The van der Waals surface area contributed by atoms with Crippen molar-refractivity contribution < 1.29 is 46.8 Å². The van der Waals surface area contributed by atoms with Crippen molar-refractivity contribution >= 4 is 41.0 Å². The second-order valence-electron chi connectivity index (χ2n) is 6.79. The van der Waals surface area contributed by atoms with Crippen molar-refractivity contribution in [3.8, 4) is 0 Å². The van der Waals surface area contributed by atoms with E-state index in [9.17, 15) is 15.6 Å². The van der Waals surface area contributed by atoms with Gasteiger partial charge in [-0.1, -0.05) is 19.8 Å². The van der Waals surface area contributed by atoms with Gasteiger partial charge < -0.3 is 57.8 Å². The molecule has 0 unspecified atom stereocenters. The van der Waals surface area contributed by atoms with E-state index >= 15 is 0 Å². The zero-order chi connectivity index (χ0) is 22.6. The van der Waals surface area contributed by atoms with Gasteiger partial charge in [0.05, 0.1) is 34.3 Å². The molecule has 0 aromatic carbocycles. The van der Waals surface area contributed by atoms with Crippen molar-refractivity contribution in [3.05, 3.63) is 15.6 Å². The minimum atomic E-state index is -2.77. The fourth-order valence-electron chi connectivity index (χ4n) is 1.64. The summed E-state index contributed by atoms with van der Waals surface area (Å²) in [7, 11) is 0. The fourth-order valence-corrected chi connectivity index (χ4v) is 1.64. The summed E-state index contributed by atoms with van der Waals surface area (Å²) in [4.78, 5) is 0. The molecule has 31 heavy (non-hydrogen) atoms. The van der Waals surface area contributed by atoms with Gasteiger partial charge in [-0.2, -0.15) is 0 Å². The summed E-state index contributed by atoms with van der Waals surface area (Å²) in [5, 5.41) is 52.0. The Balaban J connectivity index is -0.00000392.